The second kappa shape index (κ2) is 4.20. The summed E-state index contributed by atoms with van der Waals surface area (Å²) in [4.78, 5) is 14.1. The lowest BCUT2D eigenvalue weighted by Crippen LogP contribution is -2.02. The first kappa shape index (κ1) is 11.1. The fourth-order valence-electron chi connectivity index (χ4n) is 1.42. The van der Waals surface area contributed by atoms with E-state index in [1.807, 2.05) is 6.92 Å². The minimum Gasteiger partial charge on any atom is -0.368 e. The van der Waals surface area contributed by atoms with Gasteiger partial charge in [-0.2, -0.15) is 9.67 Å². The molecule has 2 aromatic rings. The van der Waals surface area contributed by atoms with Gasteiger partial charge in [0.1, 0.15) is 0 Å². The van der Waals surface area contributed by atoms with Gasteiger partial charge in [0.05, 0.1) is 10.6 Å². The Morgan fingerprint density at radius 1 is 1.41 bits per heavy atom. The Kier molecular flexibility index (Phi) is 2.73. The fourth-order valence-corrected chi connectivity index (χ4v) is 1.42. The number of nitro benzene ring substituents is 1. The standard InChI is InChI=1S/C10H11N5O2/c1-2-9-12-10(11)14(13-9)7-3-5-8(6-4-7)15(16)17/h3-6H,2H2,1H3,(H2,11,12,13). The number of non-ortho nitro benzene ring substituents is 1. The molecule has 1 aromatic heterocycles. The quantitative estimate of drug-likeness (QED) is 0.636. The highest BCUT2D eigenvalue weighted by Gasteiger charge is 2.09. The number of nitrogens with two attached hydrogens (primary N) is 1. The molecule has 1 heterocycles. The Morgan fingerprint density at radius 2 is 2.06 bits per heavy atom. The molecule has 0 radical (unpaired) electrons. The lowest BCUT2D eigenvalue weighted by molar-refractivity contribution is -0.384. The van der Waals surface area contributed by atoms with Crippen LogP contribution >= 0.6 is 0 Å². The van der Waals surface area contributed by atoms with E-state index in [4.69, 9.17) is 5.73 Å². The smallest absolute Gasteiger partial charge is 0.269 e. The molecule has 7 heteroatoms. The van der Waals surface area contributed by atoms with Gasteiger partial charge in [0.2, 0.25) is 5.95 Å². The Bertz CT molecular complexity index is 546. The van der Waals surface area contributed by atoms with E-state index < -0.39 is 4.92 Å². The number of anilines is 1. The van der Waals surface area contributed by atoms with Crippen molar-refractivity contribution in [3.8, 4) is 5.69 Å². The second-order valence-electron chi connectivity index (χ2n) is 3.43. The third-order valence-corrected chi connectivity index (χ3v) is 2.30. The Morgan fingerprint density at radius 3 is 2.53 bits per heavy atom. The maximum absolute atomic E-state index is 10.5. The van der Waals surface area contributed by atoms with Crippen molar-refractivity contribution in [3.05, 3.63) is 40.2 Å². The maximum Gasteiger partial charge on any atom is 0.269 e. The van der Waals surface area contributed by atoms with E-state index in [-0.39, 0.29) is 11.6 Å². The Labute approximate surface area is 97.0 Å². The van der Waals surface area contributed by atoms with Gasteiger partial charge in [0.15, 0.2) is 5.82 Å². The molecule has 0 saturated carbocycles. The van der Waals surface area contributed by atoms with Crippen LogP contribution < -0.4 is 5.73 Å². The number of hydrogen-bond donors (Lipinski definition) is 1. The zero-order valence-corrected chi connectivity index (χ0v) is 9.20. The summed E-state index contributed by atoms with van der Waals surface area (Å²) in [6, 6.07) is 5.98. The van der Waals surface area contributed by atoms with Crippen LogP contribution in [-0.2, 0) is 6.42 Å². The summed E-state index contributed by atoms with van der Waals surface area (Å²) in [5.74, 6) is 0.913. The SMILES string of the molecule is CCc1nc(N)n(-c2ccc([N+](=O)[O-])cc2)n1. The molecular formula is C10H11N5O2. The maximum atomic E-state index is 10.5. The molecule has 0 unspecified atom stereocenters. The second-order valence-corrected chi connectivity index (χ2v) is 3.43. The molecule has 2 N–H and O–H groups in total. The molecule has 0 bridgehead atoms. The fraction of sp³-hybridized carbons (Fsp3) is 0.200. The largest absolute Gasteiger partial charge is 0.368 e. The van der Waals surface area contributed by atoms with E-state index >= 15 is 0 Å². The molecule has 0 atom stereocenters. The molecule has 0 saturated heterocycles. The monoisotopic (exact) mass is 233 g/mol. The normalized spacial score (nSPS) is 10.4. The molecule has 0 aliphatic carbocycles. The Balaban J connectivity index is 2.39. The van der Waals surface area contributed by atoms with Gasteiger partial charge in [-0.15, -0.1) is 5.10 Å². The van der Waals surface area contributed by atoms with Crippen molar-refractivity contribution in [1.82, 2.24) is 14.8 Å². The van der Waals surface area contributed by atoms with Crippen molar-refractivity contribution in [2.24, 2.45) is 0 Å². The number of nitrogen functional groups attached to an aromatic ring is 1. The van der Waals surface area contributed by atoms with Crippen molar-refractivity contribution in [3.63, 3.8) is 0 Å². The van der Waals surface area contributed by atoms with Gasteiger partial charge in [0, 0.05) is 18.6 Å². The molecule has 0 fully saturated rings. The molecule has 0 amide bonds. The van der Waals surface area contributed by atoms with Crippen LogP contribution in [0.3, 0.4) is 0 Å². The van der Waals surface area contributed by atoms with Crippen molar-refractivity contribution < 1.29 is 4.92 Å². The first-order valence-corrected chi connectivity index (χ1v) is 5.08. The van der Waals surface area contributed by atoms with Gasteiger partial charge >= 0.3 is 0 Å². The van der Waals surface area contributed by atoms with Crippen molar-refractivity contribution in [2.45, 2.75) is 13.3 Å². The van der Waals surface area contributed by atoms with E-state index in [0.29, 0.717) is 17.9 Å². The lowest BCUT2D eigenvalue weighted by Gasteiger charge is -2.01. The molecular weight excluding hydrogens is 222 g/mol. The molecule has 17 heavy (non-hydrogen) atoms. The van der Waals surface area contributed by atoms with Gasteiger partial charge in [0.25, 0.3) is 5.69 Å². The summed E-state index contributed by atoms with van der Waals surface area (Å²) >= 11 is 0. The summed E-state index contributed by atoms with van der Waals surface area (Å²) in [6.07, 6.45) is 0.685. The van der Waals surface area contributed by atoms with Crippen LogP contribution in [0.4, 0.5) is 11.6 Å². The molecule has 0 spiro atoms. The number of benzene rings is 1. The first-order valence-electron chi connectivity index (χ1n) is 5.08. The Hall–Kier alpha value is -2.44. The molecule has 2 rings (SSSR count). The van der Waals surface area contributed by atoms with E-state index in [9.17, 15) is 10.1 Å². The van der Waals surface area contributed by atoms with E-state index in [1.54, 1.807) is 12.1 Å². The summed E-state index contributed by atoms with van der Waals surface area (Å²) in [5, 5.41) is 14.7. The minimum absolute atomic E-state index is 0.0307. The highest BCUT2D eigenvalue weighted by molar-refractivity contribution is 5.43. The van der Waals surface area contributed by atoms with E-state index in [2.05, 4.69) is 10.1 Å². The third-order valence-electron chi connectivity index (χ3n) is 2.30. The summed E-state index contributed by atoms with van der Waals surface area (Å²) in [6.45, 7) is 1.93. The van der Waals surface area contributed by atoms with Crippen LogP contribution in [0.15, 0.2) is 24.3 Å². The molecule has 0 aliphatic rings. The highest BCUT2D eigenvalue weighted by atomic mass is 16.6. The average molecular weight is 233 g/mol. The molecule has 1 aromatic carbocycles. The predicted molar refractivity (Wildman–Crippen MR) is 61.8 cm³/mol. The molecule has 0 aliphatic heterocycles. The lowest BCUT2D eigenvalue weighted by atomic mass is 10.3. The van der Waals surface area contributed by atoms with Gasteiger partial charge in [-0.1, -0.05) is 6.92 Å². The molecule has 88 valence electrons. The number of nitro groups is 1. The van der Waals surface area contributed by atoms with Crippen molar-refractivity contribution >= 4 is 11.6 Å². The minimum atomic E-state index is -0.452. The average Bonchev–Trinajstić information content (AvgIpc) is 2.71. The number of aromatic nitrogens is 3. The number of nitrogens with zero attached hydrogens (tertiary/aromatic N) is 4. The van der Waals surface area contributed by atoms with Gasteiger partial charge in [-0.25, -0.2) is 0 Å². The summed E-state index contributed by atoms with van der Waals surface area (Å²) < 4.78 is 1.46. The highest BCUT2D eigenvalue weighted by Crippen LogP contribution is 2.16. The predicted octanol–water partition coefficient (Wildman–Crippen LogP) is 1.32. The van der Waals surface area contributed by atoms with Crippen LogP contribution in [-0.4, -0.2) is 19.7 Å². The van der Waals surface area contributed by atoms with Crippen LogP contribution in [0.5, 0.6) is 0 Å². The third kappa shape index (κ3) is 2.07. The van der Waals surface area contributed by atoms with Crippen LogP contribution in [0.2, 0.25) is 0 Å². The van der Waals surface area contributed by atoms with E-state index in [0.717, 1.165) is 0 Å². The summed E-state index contributed by atoms with van der Waals surface area (Å²) in [7, 11) is 0. The van der Waals surface area contributed by atoms with Gasteiger partial charge in [-0.3, -0.25) is 10.1 Å². The number of aryl methyl sites for hydroxylation is 1. The van der Waals surface area contributed by atoms with Crippen LogP contribution in [0.25, 0.3) is 5.69 Å². The van der Waals surface area contributed by atoms with Gasteiger partial charge < -0.3 is 5.73 Å². The van der Waals surface area contributed by atoms with E-state index in [1.165, 1.54) is 16.8 Å². The zero-order chi connectivity index (χ0) is 12.4. The van der Waals surface area contributed by atoms with Crippen molar-refractivity contribution in [2.75, 3.05) is 5.73 Å². The summed E-state index contributed by atoms with van der Waals surface area (Å²) in [5.41, 5.74) is 6.39. The zero-order valence-electron chi connectivity index (χ0n) is 9.20. The van der Waals surface area contributed by atoms with Gasteiger partial charge in [-0.05, 0) is 12.1 Å². The molecule has 7 nitrogen and oxygen atoms in total. The van der Waals surface area contributed by atoms with Crippen LogP contribution in [0, 0.1) is 10.1 Å². The van der Waals surface area contributed by atoms with Crippen LogP contribution in [0.1, 0.15) is 12.7 Å². The first-order chi connectivity index (χ1) is 8.11. The number of hydrogen-bond acceptors (Lipinski definition) is 5. The van der Waals surface area contributed by atoms with Crippen molar-refractivity contribution in [1.29, 1.82) is 0 Å². The topological polar surface area (TPSA) is 99.9 Å². The number of rotatable bonds is 3.